The van der Waals surface area contributed by atoms with Gasteiger partial charge in [-0.25, -0.2) is 4.98 Å². The number of aromatic nitrogens is 4. The Bertz CT molecular complexity index is 823. The fraction of sp³-hybridized carbons (Fsp3) is 0.250. The number of aryl methyl sites for hydroxylation is 2. The van der Waals surface area contributed by atoms with Crippen molar-refractivity contribution in [1.82, 2.24) is 19.7 Å². The first-order valence-corrected chi connectivity index (χ1v) is 8.07. The van der Waals surface area contributed by atoms with E-state index in [1.165, 1.54) is 22.5 Å². The van der Waals surface area contributed by atoms with Crippen molar-refractivity contribution >= 4 is 22.4 Å². The lowest BCUT2D eigenvalue weighted by atomic mass is 10.1. The summed E-state index contributed by atoms with van der Waals surface area (Å²) in [6.45, 7) is 4.14. The molecule has 0 bridgehead atoms. The van der Waals surface area contributed by atoms with E-state index in [-0.39, 0.29) is 12.5 Å². The van der Waals surface area contributed by atoms with Gasteiger partial charge in [0, 0.05) is 18.8 Å². The number of amides is 1. The number of hydrogen-bond acceptors (Lipinski definition) is 5. The summed E-state index contributed by atoms with van der Waals surface area (Å²) in [4.78, 5) is 16.1. The molecule has 3 aromatic rings. The number of nitrogens with zero attached hydrogens (tertiary/aromatic N) is 4. The van der Waals surface area contributed by atoms with Gasteiger partial charge in [-0.3, -0.25) is 10.1 Å². The fourth-order valence-corrected chi connectivity index (χ4v) is 3.05. The molecule has 0 saturated carbocycles. The smallest absolute Gasteiger partial charge is 0.246 e. The van der Waals surface area contributed by atoms with Crippen LogP contribution in [0.1, 0.15) is 22.0 Å². The average Bonchev–Trinajstić information content (AvgIpc) is 3.09. The third-order valence-electron chi connectivity index (χ3n) is 3.39. The zero-order chi connectivity index (χ0) is 16.2. The largest absolute Gasteiger partial charge is 0.326 e. The molecule has 3 rings (SSSR count). The molecule has 0 aliphatic heterocycles. The summed E-state index contributed by atoms with van der Waals surface area (Å²) in [7, 11) is 0. The van der Waals surface area contributed by atoms with Crippen LogP contribution >= 0.6 is 11.3 Å². The topological polar surface area (TPSA) is 72.7 Å². The number of nitrogens with one attached hydrogen (secondary N) is 1. The molecule has 2 heterocycles. The molecule has 0 unspecified atom stereocenters. The van der Waals surface area contributed by atoms with Gasteiger partial charge in [-0.2, -0.15) is 0 Å². The summed E-state index contributed by atoms with van der Waals surface area (Å²) in [6, 6.07) is 8.28. The van der Waals surface area contributed by atoms with Crippen LogP contribution in [-0.2, 0) is 17.8 Å². The van der Waals surface area contributed by atoms with Gasteiger partial charge < -0.3 is 4.57 Å². The standard InChI is InChI=1S/C16H17N5OS/c1-11-4-3-5-13(8-11)9-15-19-20-16(23-15)18-14(22)10-21-7-6-17-12(21)2/h3-8H,9-10H2,1-2H3,(H,18,20,22). The molecule has 0 spiro atoms. The van der Waals surface area contributed by atoms with E-state index in [1.54, 1.807) is 17.0 Å². The molecule has 0 saturated heterocycles. The molecule has 0 aliphatic rings. The lowest BCUT2D eigenvalue weighted by Crippen LogP contribution is -2.18. The second kappa shape index (κ2) is 6.70. The monoisotopic (exact) mass is 327 g/mol. The summed E-state index contributed by atoms with van der Waals surface area (Å²) < 4.78 is 1.78. The molecule has 0 aliphatic carbocycles. The Balaban J connectivity index is 1.61. The first kappa shape index (κ1) is 15.4. The number of rotatable bonds is 5. The van der Waals surface area contributed by atoms with E-state index < -0.39 is 0 Å². The van der Waals surface area contributed by atoms with Gasteiger partial charge in [-0.15, -0.1) is 10.2 Å². The van der Waals surface area contributed by atoms with Gasteiger partial charge in [-0.05, 0) is 19.4 Å². The first-order chi connectivity index (χ1) is 11.1. The summed E-state index contributed by atoms with van der Waals surface area (Å²) in [5.41, 5.74) is 2.41. The highest BCUT2D eigenvalue weighted by Gasteiger charge is 2.10. The number of hydrogen-bond donors (Lipinski definition) is 1. The van der Waals surface area contributed by atoms with Crippen molar-refractivity contribution in [2.24, 2.45) is 0 Å². The third kappa shape index (κ3) is 4.01. The van der Waals surface area contributed by atoms with Crippen molar-refractivity contribution in [2.45, 2.75) is 26.8 Å². The quantitative estimate of drug-likeness (QED) is 0.782. The Morgan fingerprint density at radius 1 is 1.30 bits per heavy atom. The molecule has 2 aromatic heterocycles. The minimum atomic E-state index is -0.135. The van der Waals surface area contributed by atoms with Crippen LogP contribution in [0.25, 0.3) is 0 Å². The molecular formula is C16H17N5OS. The molecule has 7 heteroatoms. The van der Waals surface area contributed by atoms with Gasteiger partial charge in [0.2, 0.25) is 11.0 Å². The van der Waals surface area contributed by atoms with Crippen molar-refractivity contribution in [3.8, 4) is 0 Å². The van der Waals surface area contributed by atoms with Gasteiger partial charge in [0.15, 0.2) is 0 Å². The zero-order valence-electron chi connectivity index (χ0n) is 13.0. The van der Waals surface area contributed by atoms with E-state index >= 15 is 0 Å². The number of imidazole rings is 1. The van der Waals surface area contributed by atoms with Crippen LogP contribution in [0.3, 0.4) is 0 Å². The highest BCUT2D eigenvalue weighted by atomic mass is 32.1. The Kier molecular flexibility index (Phi) is 4.47. The van der Waals surface area contributed by atoms with E-state index in [0.717, 1.165) is 17.3 Å². The Morgan fingerprint density at radius 2 is 2.17 bits per heavy atom. The van der Waals surface area contributed by atoms with E-state index in [9.17, 15) is 4.79 Å². The Labute approximate surface area is 138 Å². The van der Waals surface area contributed by atoms with Gasteiger partial charge in [0.25, 0.3) is 0 Å². The van der Waals surface area contributed by atoms with E-state index in [2.05, 4.69) is 45.6 Å². The molecule has 23 heavy (non-hydrogen) atoms. The molecule has 118 valence electrons. The molecule has 1 amide bonds. The second-order valence-electron chi connectivity index (χ2n) is 5.32. The van der Waals surface area contributed by atoms with E-state index in [4.69, 9.17) is 0 Å². The van der Waals surface area contributed by atoms with Crippen LogP contribution < -0.4 is 5.32 Å². The predicted molar refractivity (Wildman–Crippen MR) is 89.5 cm³/mol. The molecule has 0 radical (unpaired) electrons. The highest BCUT2D eigenvalue weighted by Crippen LogP contribution is 2.19. The molecule has 0 atom stereocenters. The minimum absolute atomic E-state index is 0.135. The van der Waals surface area contributed by atoms with Gasteiger partial charge in [-0.1, -0.05) is 41.2 Å². The SMILES string of the molecule is Cc1cccc(Cc2nnc(NC(=O)Cn3ccnc3C)s2)c1. The van der Waals surface area contributed by atoms with Crippen LogP contribution in [0.2, 0.25) is 0 Å². The Hall–Kier alpha value is -2.54. The second-order valence-corrected chi connectivity index (χ2v) is 6.38. The fourth-order valence-electron chi connectivity index (χ4n) is 2.26. The maximum atomic E-state index is 12.0. The van der Waals surface area contributed by atoms with Crippen LogP contribution in [0.5, 0.6) is 0 Å². The van der Waals surface area contributed by atoms with Crippen molar-refractivity contribution in [2.75, 3.05) is 5.32 Å². The molecule has 0 fully saturated rings. The van der Waals surface area contributed by atoms with Crippen LogP contribution in [0.15, 0.2) is 36.7 Å². The lowest BCUT2D eigenvalue weighted by Gasteiger charge is -2.03. The normalized spacial score (nSPS) is 10.7. The summed E-state index contributed by atoms with van der Waals surface area (Å²) >= 11 is 1.40. The third-order valence-corrected chi connectivity index (χ3v) is 4.23. The number of anilines is 1. The molecule has 6 nitrogen and oxygen atoms in total. The molecule has 1 aromatic carbocycles. The lowest BCUT2D eigenvalue weighted by molar-refractivity contribution is -0.116. The van der Waals surface area contributed by atoms with Crippen LogP contribution in [0.4, 0.5) is 5.13 Å². The summed E-state index contributed by atoms with van der Waals surface area (Å²) in [5.74, 6) is 0.668. The maximum Gasteiger partial charge on any atom is 0.246 e. The number of carbonyl (C=O) groups is 1. The highest BCUT2D eigenvalue weighted by molar-refractivity contribution is 7.15. The van der Waals surface area contributed by atoms with Gasteiger partial charge in [0.05, 0.1) is 0 Å². The summed E-state index contributed by atoms with van der Waals surface area (Å²) in [6.07, 6.45) is 4.17. The van der Waals surface area contributed by atoms with Crippen molar-refractivity contribution in [3.63, 3.8) is 0 Å². The number of carbonyl (C=O) groups excluding carboxylic acids is 1. The van der Waals surface area contributed by atoms with E-state index in [1.807, 2.05) is 13.0 Å². The maximum absolute atomic E-state index is 12.0. The van der Waals surface area contributed by atoms with Gasteiger partial charge in [0.1, 0.15) is 17.4 Å². The molecule has 1 N–H and O–H groups in total. The molecular weight excluding hydrogens is 310 g/mol. The van der Waals surface area contributed by atoms with Gasteiger partial charge >= 0.3 is 0 Å². The minimum Gasteiger partial charge on any atom is -0.326 e. The van der Waals surface area contributed by atoms with Crippen molar-refractivity contribution in [3.05, 3.63) is 58.6 Å². The predicted octanol–water partition coefficient (Wildman–Crippen LogP) is 2.58. The number of benzene rings is 1. The average molecular weight is 327 g/mol. The van der Waals surface area contributed by atoms with Crippen LogP contribution in [-0.4, -0.2) is 25.7 Å². The Morgan fingerprint density at radius 3 is 2.91 bits per heavy atom. The van der Waals surface area contributed by atoms with Crippen LogP contribution in [0, 0.1) is 13.8 Å². The van der Waals surface area contributed by atoms with Crippen molar-refractivity contribution < 1.29 is 4.79 Å². The van der Waals surface area contributed by atoms with Crippen molar-refractivity contribution in [1.29, 1.82) is 0 Å². The summed E-state index contributed by atoms with van der Waals surface area (Å²) in [5, 5.41) is 12.4. The zero-order valence-corrected chi connectivity index (χ0v) is 13.8. The first-order valence-electron chi connectivity index (χ1n) is 7.25. The van der Waals surface area contributed by atoms with E-state index in [0.29, 0.717) is 5.13 Å².